The van der Waals surface area contributed by atoms with E-state index in [1.165, 1.54) is 0 Å². The lowest BCUT2D eigenvalue weighted by atomic mass is 10.1. The quantitative estimate of drug-likeness (QED) is 0.855. The molecule has 106 valence electrons. The van der Waals surface area contributed by atoms with Gasteiger partial charge in [-0.1, -0.05) is 46.9 Å². The van der Waals surface area contributed by atoms with Crippen LogP contribution in [-0.4, -0.2) is 23.6 Å². The molecule has 0 fully saturated rings. The summed E-state index contributed by atoms with van der Waals surface area (Å²) in [6, 6.07) is 7.08. The summed E-state index contributed by atoms with van der Waals surface area (Å²) in [5.41, 5.74) is 0.909. The Morgan fingerprint density at radius 1 is 1.32 bits per heavy atom. The second-order valence-corrected chi connectivity index (χ2v) is 6.35. The summed E-state index contributed by atoms with van der Waals surface area (Å²) in [4.78, 5) is 11.5. The number of amides is 1. The van der Waals surface area contributed by atoms with Gasteiger partial charge in [-0.25, -0.2) is 4.79 Å². The molecule has 0 aromatic heterocycles. The van der Waals surface area contributed by atoms with Crippen LogP contribution >= 0.6 is 34.8 Å². The van der Waals surface area contributed by atoms with E-state index in [1.807, 2.05) is 19.1 Å². The van der Waals surface area contributed by atoms with Crippen LogP contribution in [0.4, 0.5) is 4.79 Å². The first-order valence-corrected chi connectivity index (χ1v) is 6.59. The molecule has 0 aliphatic carbocycles. The molecule has 1 rings (SSSR count). The zero-order valence-electron chi connectivity index (χ0n) is 10.5. The summed E-state index contributed by atoms with van der Waals surface area (Å²) >= 11 is 16.4. The number of methoxy groups -OCH3 is 1. The standard InChI is InChI=1S/C12H14Cl3NO3/c1-8(9-3-5-10(18-2)6-4-9)16-11(17)19-7-12(13,14)15/h3-6,8H,7H2,1-2H3,(H,16,17). The van der Waals surface area contributed by atoms with Gasteiger partial charge in [0.25, 0.3) is 0 Å². The Labute approximate surface area is 126 Å². The van der Waals surface area contributed by atoms with E-state index in [9.17, 15) is 4.79 Å². The number of alkyl halides is 3. The number of carbonyl (C=O) groups is 1. The van der Waals surface area contributed by atoms with Crippen molar-refractivity contribution in [1.29, 1.82) is 0 Å². The largest absolute Gasteiger partial charge is 0.497 e. The fourth-order valence-corrected chi connectivity index (χ4v) is 1.51. The lowest BCUT2D eigenvalue weighted by molar-refractivity contribution is 0.145. The number of benzene rings is 1. The number of rotatable bonds is 4. The van der Waals surface area contributed by atoms with Gasteiger partial charge < -0.3 is 14.8 Å². The molecule has 0 saturated heterocycles. The first-order valence-electron chi connectivity index (χ1n) is 5.46. The van der Waals surface area contributed by atoms with Crippen molar-refractivity contribution < 1.29 is 14.3 Å². The molecule has 0 radical (unpaired) electrons. The molecular weight excluding hydrogens is 312 g/mol. The molecule has 1 aromatic carbocycles. The molecule has 0 aliphatic heterocycles. The van der Waals surface area contributed by atoms with Crippen LogP contribution < -0.4 is 10.1 Å². The number of ether oxygens (including phenoxy) is 2. The predicted molar refractivity (Wildman–Crippen MR) is 76.2 cm³/mol. The van der Waals surface area contributed by atoms with Gasteiger partial charge in [-0.05, 0) is 24.6 Å². The molecule has 0 bridgehead atoms. The van der Waals surface area contributed by atoms with Crippen molar-refractivity contribution >= 4 is 40.9 Å². The number of nitrogens with one attached hydrogen (secondary N) is 1. The Kier molecular flexibility index (Phi) is 6.04. The van der Waals surface area contributed by atoms with E-state index in [0.29, 0.717) is 0 Å². The normalized spacial score (nSPS) is 12.7. The molecule has 4 nitrogen and oxygen atoms in total. The molecule has 0 spiro atoms. The highest BCUT2D eigenvalue weighted by Gasteiger charge is 2.22. The van der Waals surface area contributed by atoms with Crippen LogP contribution in [0.1, 0.15) is 18.5 Å². The first kappa shape index (κ1) is 16.2. The van der Waals surface area contributed by atoms with Gasteiger partial charge in [0, 0.05) is 0 Å². The third-order valence-electron chi connectivity index (χ3n) is 2.32. The van der Waals surface area contributed by atoms with Crippen molar-refractivity contribution in [2.24, 2.45) is 0 Å². The van der Waals surface area contributed by atoms with Crippen LogP contribution in [0.5, 0.6) is 5.75 Å². The van der Waals surface area contributed by atoms with Gasteiger partial charge in [-0.3, -0.25) is 0 Å². The lowest BCUT2D eigenvalue weighted by Crippen LogP contribution is -2.30. The van der Waals surface area contributed by atoms with Crippen LogP contribution in [0.15, 0.2) is 24.3 Å². The van der Waals surface area contributed by atoms with Crippen LogP contribution in [0.3, 0.4) is 0 Å². The number of hydrogen-bond acceptors (Lipinski definition) is 3. The zero-order chi connectivity index (χ0) is 14.5. The van der Waals surface area contributed by atoms with E-state index in [1.54, 1.807) is 19.2 Å². The molecule has 1 atom stereocenters. The van der Waals surface area contributed by atoms with Gasteiger partial charge in [0.2, 0.25) is 3.79 Å². The maximum absolute atomic E-state index is 11.5. The van der Waals surface area contributed by atoms with Crippen molar-refractivity contribution in [3.63, 3.8) is 0 Å². The van der Waals surface area contributed by atoms with Crippen LogP contribution in [0, 0.1) is 0 Å². The maximum Gasteiger partial charge on any atom is 0.407 e. The number of carbonyl (C=O) groups excluding carboxylic acids is 1. The topological polar surface area (TPSA) is 47.6 Å². The van der Waals surface area contributed by atoms with Crippen molar-refractivity contribution in [2.75, 3.05) is 13.7 Å². The summed E-state index contributed by atoms with van der Waals surface area (Å²) in [5.74, 6) is 0.745. The van der Waals surface area contributed by atoms with Gasteiger partial charge in [-0.15, -0.1) is 0 Å². The Morgan fingerprint density at radius 2 is 1.89 bits per heavy atom. The predicted octanol–water partition coefficient (Wildman–Crippen LogP) is 3.85. The van der Waals surface area contributed by atoms with Gasteiger partial charge in [-0.2, -0.15) is 0 Å². The Hall–Kier alpha value is -0.840. The van der Waals surface area contributed by atoms with E-state index >= 15 is 0 Å². The Morgan fingerprint density at radius 3 is 2.37 bits per heavy atom. The summed E-state index contributed by atoms with van der Waals surface area (Å²) in [7, 11) is 1.59. The van der Waals surface area contributed by atoms with Crippen molar-refractivity contribution in [1.82, 2.24) is 5.32 Å². The molecular formula is C12H14Cl3NO3. The van der Waals surface area contributed by atoms with Crippen LogP contribution in [0.25, 0.3) is 0 Å². The van der Waals surface area contributed by atoms with Crippen LogP contribution in [-0.2, 0) is 4.74 Å². The maximum atomic E-state index is 11.5. The van der Waals surface area contributed by atoms with Gasteiger partial charge >= 0.3 is 6.09 Å². The van der Waals surface area contributed by atoms with E-state index in [-0.39, 0.29) is 12.6 Å². The highest BCUT2D eigenvalue weighted by molar-refractivity contribution is 6.67. The minimum absolute atomic E-state index is 0.228. The monoisotopic (exact) mass is 325 g/mol. The summed E-state index contributed by atoms with van der Waals surface area (Å²) in [6.45, 7) is 1.51. The van der Waals surface area contributed by atoms with Gasteiger partial charge in [0.05, 0.1) is 13.2 Å². The van der Waals surface area contributed by atoms with Crippen molar-refractivity contribution in [2.45, 2.75) is 16.8 Å². The Bertz CT molecular complexity index is 417. The van der Waals surface area contributed by atoms with E-state index in [4.69, 9.17) is 44.3 Å². The molecule has 0 aliphatic rings. The highest BCUT2D eigenvalue weighted by atomic mass is 35.6. The van der Waals surface area contributed by atoms with Gasteiger partial charge in [0.1, 0.15) is 12.4 Å². The first-order chi connectivity index (χ1) is 8.81. The smallest absolute Gasteiger partial charge is 0.407 e. The molecule has 1 aromatic rings. The SMILES string of the molecule is COc1ccc(C(C)NC(=O)OCC(Cl)(Cl)Cl)cc1. The number of alkyl carbamates (subject to hydrolysis) is 1. The minimum atomic E-state index is -1.61. The average molecular weight is 327 g/mol. The molecule has 1 N–H and O–H groups in total. The highest BCUT2D eigenvalue weighted by Crippen LogP contribution is 2.26. The molecule has 0 saturated carbocycles. The second kappa shape index (κ2) is 7.08. The molecule has 1 amide bonds. The van der Waals surface area contributed by atoms with E-state index in [2.05, 4.69) is 5.32 Å². The third-order valence-corrected chi connectivity index (χ3v) is 2.64. The minimum Gasteiger partial charge on any atom is -0.497 e. The van der Waals surface area contributed by atoms with Crippen LogP contribution in [0.2, 0.25) is 0 Å². The number of halogens is 3. The molecule has 1 unspecified atom stereocenters. The van der Waals surface area contributed by atoms with Crippen molar-refractivity contribution in [3.8, 4) is 5.75 Å². The summed E-state index contributed by atoms with van der Waals surface area (Å²) in [5, 5.41) is 2.63. The average Bonchev–Trinajstić information content (AvgIpc) is 2.35. The zero-order valence-corrected chi connectivity index (χ0v) is 12.7. The van der Waals surface area contributed by atoms with E-state index in [0.717, 1.165) is 11.3 Å². The fraction of sp³-hybridized carbons (Fsp3) is 0.417. The third kappa shape index (κ3) is 6.23. The van der Waals surface area contributed by atoms with Crippen molar-refractivity contribution in [3.05, 3.63) is 29.8 Å². The van der Waals surface area contributed by atoms with Gasteiger partial charge in [0.15, 0.2) is 0 Å². The summed E-state index contributed by atoms with van der Waals surface area (Å²) in [6.07, 6.45) is -0.644. The molecule has 19 heavy (non-hydrogen) atoms. The second-order valence-electron chi connectivity index (χ2n) is 3.83. The number of hydrogen-bond donors (Lipinski definition) is 1. The fourth-order valence-electron chi connectivity index (χ4n) is 1.34. The summed E-state index contributed by atoms with van der Waals surface area (Å²) < 4.78 is 8.21. The Balaban J connectivity index is 2.49. The molecule has 7 heteroatoms. The molecule has 0 heterocycles. The lowest BCUT2D eigenvalue weighted by Gasteiger charge is -2.16. The van der Waals surface area contributed by atoms with E-state index < -0.39 is 9.89 Å².